The lowest BCUT2D eigenvalue weighted by molar-refractivity contribution is 0.153. The molecule has 1 heterocycles. The maximum Gasteiger partial charge on any atom is 0.259 e. The molecule has 8 heteroatoms. The minimum absolute atomic E-state index is 0.0707. The number of anilines is 3. The van der Waals surface area contributed by atoms with Gasteiger partial charge in [0.1, 0.15) is 11.4 Å². The Labute approximate surface area is 160 Å². The van der Waals surface area contributed by atoms with Gasteiger partial charge in [0.05, 0.1) is 12.7 Å². The van der Waals surface area contributed by atoms with Gasteiger partial charge in [0.25, 0.3) is 5.88 Å². The standard InChI is InChI=1S/C19H30N6O2/c1-4-26-10-9-25(12-15-7-5-14(11-20)6-8-15)17-16(21)18(22)23-24-19(17)27-13(2)3/h5-8,13H,4,9-12,20H2,1-3H3,(H2,21,24)(H2,22,23). The number of benzene rings is 1. The van der Waals surface area contributed by atoms with E-state index in [9.17, 15) is 0 Å². The van der Waals surface area contributed by atoms with Gasteiger partial charge in [-0.25, -0.2) is 0 Å². The molecule has 0 aliphatic heterocycles. The third-order valence-corrected chi connectivity index (χ3v) is 3.99. The third-order valence-electron chi connectivity index (χ3n) is 3.99. The summed E-state index contributed by atoms with van der Waals surface area (Å²) in [6.07, 6.45) is -0.0707. The summed E-state index contributed by atoms with van der Waals surface area (Å²) in [6, 6.07) is 8.13. The molecular formula is C19H30N6O2. The maximum atomic E-state index is 6.26. The van der Waals surface area contributed by atoms with Crippen LogP contribution in [0, 0.1) is 0 Å². The molecule has 0 unspecified atom stereocenters. The second kappa shape index (κ2) is 9.94. The van der Waals surface area contributed by atoms with Gasteiger partial charge in [0.15, 0.2) is 5.82 Å². The molecule has 6 N–H and O–H groups in total. The zero-order valence-corrected chi connectivity index (χ0v) is 16.3. The van der Waals surface area contributed by atoms with Gasteiger partial charge in [0, 0.05) is 26.2 Å². The average molecular weight is 374 g/mol. The molecule has 148 valence electrons. The first kappa shape index (κ1) is 20.7. The van der Waals surface area contributed by atoms with Crippen LogP contribution in [0.15, 0.2) is 24.3 Å². The Morgan fingerprint density at radius 3 is 2.33 bits per heavy atom. The van der Waals surface area contributed by atoms with Crippen LogP contribution in [0.3, 0.4) is 0 Å². The lowest BCUT2D eigenvalue weighted by atomic mass is 10.1. The van der Waals surface area contributed by atoms with Gasteiger partial charge < -0.3 is 31.6 Å². The number of rotatable bonds is 10. The molecule has 0 saturated carbocycles. The van der Waals surface area contributed by atoms with Crippen molar-refractivity contribution in [1.82, 2.24) is 10.2 Å². The first-order valence-corrected chi connectivity index (χ1v) is 9.15. The minimum Gasteiger partial charge on any atom is -0.472 e. The fourth-order valence-corrected chi connectivity index (χ4v) is 2.64. The van der Waals surface area contributed by atoms with Crippen LogP contribution >= 0.6 is 0 Å². The third kappa shape index (κ3) is 5.70. The lowest BCUT2D eigenvalue weighted by Crippen LogP contribution is -2.29. The molecule has 1 aromatic heterocycles. The van der Waals surface area contributed by atoms with E-state index in [0.29, 0.717) is 50.1 Å². The van der Waals surface area contributed by atoms with Crippen LogP contribution in [0.25, 0.3) is 0 Å². The molecule has 8 nitrogen and oxygen atoms in total. The molecule has 1 aromatic carbocycles. The number of nitrogen functional groups attached to an aromatic ring is 2. The highest BCUT2D eigenvalue weighted by molar-refractivity contribution is 5.80. The Hall–Kier alpha value is -2.58. The molecule has 0 atom stereocenters. The van der Waals surface area contributed by atoms with Gasteiger partial charge in [0.2, 0.25) is 0 Å². The monoisotopic (exact) mass is 374 g/mol. The lowest BCUT2D eigenvalue weighted by Gasteiger charge is -2.28. The average Bonchev–Trinajstić information content (AvgIpc) is 2.65. The van der Waals surface area contributed by atoms with E-state index in [1.807, 2.05) is 45.0 Å². The predicted molar refractivity (Wildman–Crippen MR) is 108 cm³/mol. The highest BCUT2D eigenvalue weighted by atomic mass is 16.5. The fourth-order valence-electron chi connectivity index (χ4n) is 2.64. The van der Waals surface area contributed by atoms with Gasteiger partial charge in [-0.1, -0.05) is 24.3 Å². The van der Waals surface area contributed by atoms with Crippen LogP contribution < -0.4 is 26.8 Å². The first-order chi connectivity index (χ1) is 13.0. The number of aromatic nitrogens is 2. The summed E-state index contributed by atoms with van der Waals surface area (Å²) in [6.45, 7) is 8.71. The molecule has 0 saturated heterocycles. The Morgan fingerprint density at radius 2 is 1.74 bits per heavy atom. The van der Waals surface area contributed by atoms with Gasteiger partial charge in [-0.3, -0.25) is 0 Å². The Bertz CT molecular complexity index is 721. The molecule has 2 aromatic rings. The van der Waals surface area contributed by atoms with Gasteiger partial charge in [-0.05, 0) is 31.9 Å². The molecule has 0 spiro atoms. The first-order valence-electron chi connectivity index (χ1n) is 9.15. The largest absolute Gasteiger partial charge is 0.472 e. The summed E-state index contributed by atoms with van der Waals surface area (Å²) in [7, 11) is 0. The van der Waals surface area contributed by atoms with Crippen molar-refractivity contribution in [2.45, 2.75) is 40.0 Å². The topological polar surface area (TPSA) is 126 Å². The molecule has 0 aliphatic carbocycles. The zero-order chi connectivity index (χ0) is 19.8. The van der Waals surface area contributed by atoms with Crippen molar-refractivity contribution in [2.24, 2.45) is 5.73 Å². The SMILES string of the molecule is CCOCCN(Cc1ccc(CN)cc1)c1c(OC(C)C)nnc(N)c1N. The van der Waals surface area contributed by atoms with E-state index < -0.39 is 0 Å². The van der Waals surface area contributed by atoms with E-state index in [-0.39, 0.29) is 11.9 Å². The van der Waals surface area contributed by atoms with Crippen molar-refractivity contribution in [2.75, 3.05) is 36.1 Å². The maximum absolute atomic E-state index is 6.26. The normalized spacial score (nSPS) is 11.0. The summed E-state index contributed by atoms with van der Waals surface area (Å²) in [5.41, 5.74) is 21.0. The summed E-state index contributed by atoms with van der Waals surface area (Å²) in [4.78, 5) is 2.06. The zero-order valence-electron chi connectivity index (χ0n) is 16.3. The molecule has 2 rings (SSSR count). The molecule has 0 radical (unpaired) electrons. The molecule has 0 bridgehead atoms. The van der Waals surface area contributed by atoms with E-state index in [2.05, 4.69) is 15.1 Å². The predicted octanol–water partition coefficient (Wildman–Crippen LogP) is 1.93. The van der Waals surface area contributed by atoms with Crippen molar-refractivity contribution in [3.63, 3.8) is 0 Å². The number of nitrogens with zero attached hydrogens (tertiary/aromatic N) is 3. The highest BCUT2D eigenvalue weighted by Crippen LogP contribution is 2.36. The molecule has 0 aliphatic rings. The van der Waals surface area contributed by atoms with Crippen molar-refractivity contribution >= 4 is 17.2 Å². The van der Waals surface area contributed by atoms with Crippen LogP contribution in [-0.4, -0.2) is 36.1 Å². The van der Waals surface area contributed by atoms with Crippen molar-refractivity contribution < 1.29 is 9.47 Å². The Morgan fingerprint density at radius 1 is 1.07 bits per heavy atom. The quantitative estimate of drug-likeness (QED) is 0.539. The summed E-state index contributed by atoms with van der Waals surface area (Å²) < 4.78 is 11.4. The highest BCUT2D eigenvalue weighted by Gasteiger charge is 2.21. The fraction of sp³-hybridized carbons (Fsp3) is 0.474. The van der Waals surface area contributed by atoms with Crippen LogP contribution in [-0.2, 0) is 17.8 Å². The number of hydrogen-bond donors (Lipinski definition) is 3. The van der Waals surface area contributed by atoms with E-state index >= 15 is 0 Å². The van der Waals surface area contributed by atoms with Crippen LogP contribution in [0.4, 0.5) is 17.2 Å². The summed E-state index contributed by atoms with van der Waals surface area (Å²) in [5.74, 6) is 0.549. The van der Waals surface area contributed by atoms with Crippen LogP contribution in [0.5, 0.6) is 5.88 Å². The molecule has 27 heavy (non-hydrogen) atoms. The second-order valence-electron chi connectivity index (χ2n) is 6.46. The number of nitrogens with two attached hydrogens (primary N) is 3. The van der Waals surface area contributed by atoms with E-state index in [1.54, 1.807) is 0 Å². The smallest absolute Gasteiger partial charge is 0.259 e. The summed E-state index contributed by atoms with van der Waals surface area (Å²) in [5, 5.41) is 8.03. The Balaban J connectivity index is 2.38. The second-order valence-corrected chi connectivity index (χ2v) is 6.46. The van der Waals surface area contributed by atoms with Gasteiger partial charge in [-0.2, -0.15) is 0 Å². The number of hydrogen-bond acceptors (Lipinski definition) is 8. The number of ether oxygens (including phenoxy) is 2. The Kier molecular flexibility index (Phi) is 7.63. The molecule has 0 amide bonds. The summed E-state index contributed by atoms with van der Waals surface area (Å²) >= 11 is 0. The van der Waals surface area contributed by atoms with E-state index in [4.69, 9.17) is 26.7 Å². The molecular weight excluding hydrogens is 344 g/mol. The van der Waals surface area contributed by atoms with E-state index in [1.165, 1.54) is 0 Å². The van der Waals surface area contributed by atoms with Crippen molar-refractivity contribution in [3.05, 3.63) is 35.4 Å². The van der Waals surface area contributed by atoms with Gasteiger partial charge >= 0.3 is 0 Å². The molecule has 0 fully saturated rings. The van der Waals surface area contributed by atoms with Crippen molar-refractivity contribution in [3.8, 4) is 5.88 Å². The van der Waals surface area contributed by atoms with Crippen molar-refractivity contribution in [1.29, 1.82) is 0 Å². The van der Waals surface area contributed by atoms with Crippen LogP contribution in [0.2, 0.25) is 0 Å². The van der Waals surface area contributed by atoms with E-state index in [0.717, 1.165) is 11.1 Å². The van der Waals surface area contributed by atoms with Gasteiger partial charge in [-0.15, -0.1) is 10.2 Å². The van der Waals surface area contributed by atoms with Crippen LogP contribution in [0.1, 0.15) is 31.9 Å². The minimum atomic E-state index is -0.0707.